The van der Waals surface area contributed by atoms with Gasteiger partial charge < -0.3 is 9.15 Å². The maximum Gasteiger partial charge on any atom is 0.235 e. The Hall–Kier alpha value is -5.94. The third kappa shape index (κ3) is 2.91. The first-order chi connectivity index (χ1) is 22.6. The molecule has 0 spiro atoms. The molecule has 1 aliphatic carbocycles. The Balaban J connectivity index is 1.25. The summed E-state index contributed by atoms with van der Waals surface area (Å²) in [5.74, 6) is 2.25. The maximum atomic E-state index is 6.35. The van der Waals surface area contributed by atoms with Crippen molar-refractivity contribution < 1.29 is 9.15 Å². The van der Waals surface area contributed by atoms with Gasteiger partial charge in [0.15, 0.2) is 0 Å². The highest BCUT2D eigenvalue weighted by molar-refractivity contribution is 6.18. The van der Waals surface area contributed by atoms with Crippen molar-refractivity contribution in [2.24, 2.45) is 0 Å². The van der Waals surface area contributed by atoms with Crippen molar-refractivity contribution in [1.29, 1.82) is 0 Å². The smallest absolute Gasteiger partial charge is 0.235 e. The molecular weight excluding hydrogens is 566 g/mol. The number of para-hydroxylation sites is 3. The maximum absolute atomic E-state index is 6.35. The van der Waals surface area contributed by atoms with Gasteiger partial charge in [0.05, 0.1) is 27.6 Å². The standard InChI is InChI=1S/C41H25N3O2/c1-41(2)27-18-19-35-37(23-11-4-7-15-32(23)45-35)36(27)26-20-25-22-10-3-6-14-30(22)44(31(25)21-28(26)41)40-42-29-13-9-17-34-38(29)39(43-40)24-12-5-8-16-33(24)46-34/h3-21H,1-2H3. The highest BCUT2D eigenvalue weighted by Gasteiger charge is 2.38. The summed E-state index contributed by atoms with van der Waals surface area (Å²) >= 11 is 0. The van der Waals surface area contributed by atoms with E-state index in [-0.39, 0.29) is 5.41 Å². The van der Waals surface area contributed by atoms with Crippen molar-refractivity contribution >= 4 is 54.6 Å². The van der Waals surface area contributed by atoms with E-state index in [9.17, 15) is 0 Å². The molecule has 0 N–H and O–H groups in total. The van der Waals surface area contributed by atoms with Crippen LogP contribution in [0.3, 0.4) is 0 Å². The van der Waals surface area contributed by atoms with Crippen molar-refractivity contribution in [3.05, 3.63) is 126 Å². The zero-order valence-electron chi connectivity index (χ0n) is 25.1. The molecule has 0 radical (unpaired) electrons. The summed E-state index contributed by atoms with van der Waals surface area (Å²) < 4.78 is 14.9. The molecule has 2 aliphatic rings. The van der Waals surface area contributed by atoms with E-state index in [4.69, 9.17) is 19.1 Å². The molecule has 0 saturated carbocycles. The molecule has 4 heterocycles. The van der Waals surface area contributed by atoms with E-state index in [1.54, 1.807) is 0 Å². The van der Waals surface area contributed by atoms with Crippen LogP contribution in [0.25, 0.3) is 83.0 Å². The predicted octanol–water partition coefficient (Wildman–Crippen LogP) is 10.7. The number of ether oxygens (including phenoxy) is 1. The van der Waals surface area contributed by atoms with Gasteiger partial charge in [-0.25, -0.2) is 9.97 Å². The second kappa shape index (κ2) is 8.20. The normalized spacial score (nSPS) is 14.2. The summed E-state index contributed by atoms with van der Waals surface area (Å²) in [5, 5.41) is 5.64. The van der Waals surface area contributed by atoms with Crippen LogP contribution in [0.15, 0.2) is 120 Å². The van der Waals surface area contributed by atoms with Crippen LogP contribution in [0.4, 0.5) is 0 Å². The Labute approximate surface area is 263 Å². The van der Waals surface area contributed by atoms with E-state index in [2.05, 4.69) is 97.3 Å². The van der Waals surface area contributed by atoms with Gasteiger partial charge >= 0.3 is 0 Å². The van der Waals surface area contributed by atoms with E-state index in [1.807, 2.05) is 36.4 Å². The van der Waals surface area contributed by atoms with E-state index >= 15 is 0 Å². The summed E-state index contributed by atoms with van der Waals surface area (Å²) in [5.41, 5.74) is 11.7. The lowest BCUT2D eigenvalue weighted by molar-refractivity contribution is 0.486. The van der Waals surface area contributed by atoms with Crippen molar-refractivity contribution in [3.63, 3.8) is 0 Å². The number of hydrogen-bond donors (Lipinski definition) is 0. The van der Waals surface area contributed by atoms with Gasteiger partial charge in [-0.05, 0) is 76.9 Å². The molecule has 0 amide bonds. The Kier molecular flexibility index (Phi) is 4.35. The van der Waals surface area contributed by atoms with E-state index in [0.29, 0.717) is 5.95 Å². The monoisotopic (exact) mass is 591 g/mol. The number of hydrogen-bond acceptors (Lipinski definition) is 4. The average Bonchev–Trinajstić information content (AvgIpc) is 3.69. The van der Waals surface area contributed by atoms with Crippen LogP contribution in [0.5, 0.6) is 11.5 Å². The fourth-order valence-corrected chi connectivity index (χ4v) is 8.11. The van der Waals surface area contributed by atoms with Gasteiger partial charge in [0.2, 0.25) is 5.95 Å². The lowest BCUT2D eigenvalue weighted by Gasteiger charge is -2.22. The fraction of sp³-hybridized carbons (Fsp3) is 0.0732. The Morgan fingerprint density at radius 1 is 0.587 bits per heavy atom. The van der Waals surface area contributed by atoms with Crippen molar-refractivity contribution in [3.8, 4) is 39.8 Å². The Morgan fingerprint density at radius 2 is 1.39 bits per heavy atom. The van der Waals surface area contributed by atoms with Crippen LogP contribution in [0, 0.1) is 0 Å². The van der Waals surface area contributed by atoms with Gasteiger partial charge in [0.25, 0.3) is 0 Å². The van der Waals surface area contributed by atoms with E-state index in [0.717, 1.165) is 61.2 Å². The van der Waals surface area contributed by atoms with Gasteiger partial charge in [-0.3, -0.25) is 4.57 Å². The number of fused-ring (bicyclic) bond motifs is 12. The highest BCUT2D eigenvalue weighted by atomic mass is 16.5. The lowest BCUT2D eigenvalue weighted by atomic mass is 9.82. The summed E-state index contributed by atoms with van der Waals surface area (Å²) in [4.78, 5) is 10.5. The first kappa shape index (κ1) is 24.4. The molecule has 0 fully saturated rings. The molecule has 0 atom stereocenters. The second-order valence-electron chi connectivity index (χ2n) is 13.0. The zero-order chi connectivity index (χ0) is 30.3. The van der Waals surface area contributed by atoms with Crippen LogP contribution in [-0.4, -0.2) is 14.5 Å². The Bertz CT molecular complexity index is 2820. The molecule has 0 bridgehead atoms. The van der Waals surface area contributed by atoms with E-state index in [1.165, 1.54) is 38.4 Å². The van der Waals surface area contributed by atoms with E-state index < -0.39 is 0 Å². The van der Waals surface area contributed by atoms with Crippen LogP contribution in [0.1, 0.15) is 25.0 Å². The van der Waals surface area contributed by atoms with Crippen LogP contribution < -0.4 is 4.74 Å². The SMILES string of the molecule is CC1(C)c2cc3c(cc2-c2c1ccc1oc4ccccc4c21)c1ccccc1n3-c1nc2c3c(cccc3n1)Oc1ccccc1-2. The second-order valence-corrected chi connectivity index (χ2v) is 13.0. The quantitative estimate of drug-likeness (QED) is 0.191. The number of rotatable bonds is 1. The summed E-state index contributed by atoms with van der Waals surface area (Å²) in [7, 11) is 0. The Morgan fingerprint density at radius 3 is 2.33 bits per heavy atom. The molecular formula is C41H25N3O2. The molecule has 3 aromatic heterocycles. The summed E-state index contributed by atoms with van der Waals surface area (Å²) in [6.45, 7) is 4.67. The van der Waals surface area contributed by atoms with Gasteiger partial charge in [0.1, 0.15) is 22.7 Å². The van der Waals surface area contributed by atoms with Crippen LogP contribution >= 0.6 is 0 Å². The topological polar surface area (TPSA) is 53.1 Å². The van der Waals surface area contributed by atoms with Gasteiger partial charge in [-0.2, -0.15) is 0 Å². The number of nitrogens with zero attached hydrogens (tertiary/aromatic N) is 3. The molecule has 9 aromatic rings. The van der Waals surface area contributed by atoms with Crippen molar-refractivity contribution in [2.75, 3.05) is 0 Å². The minimum absolute atomic E-state index is 0.214. The van der Waals surface area contributed by atoms with Crippen molar-refractivity contribution in [2.45, 2.75) is 19.3 Å². The third-order valence-corrected chi connectivity index (χ3v) is 10.2. The molecule has 46 heavy (non-hydrogen) atoms. The molecule has 5 heteroatoms. The molecule has 216 valence electrons. The molecule has 11 rings (SSSR count). The fourth-order valence-electron chi connectivity index (χ4n) is 8.11. The first-order valence-electron chi connectivity index (χ1n) is 15.7. The molecule has 6 aromatic carbocycles. The first-order valence-corrected chi connectivity index (χ1v) is 15.7. The lowest BCUT2D eigenvalue weighted by Crippen LogP contribution is -2.15. The summed E-state index contributed by atoms with van der Waals surface area (Å²) in [6.07, 6.45) is 0. The highest BCUT2D eigenvalue weighted by Crippen LogP contribution is 2.55. The number of aromatic nitrogens is 3. The molecule has 0 unspecified atom stereocenters. The average molecular weight is 592 g/mol. The molecule has 0 saturated heterocycles. The minimum atomic E-state index is -0.214. The third-order valence-electron chi connectivity index (χ3n) is 10.2. The van der Waals surface area contributed by atoms with Crippen molar-refractivity contribution in [1.82, 2.24) is 14.5 Å². The zero-order valence-corrected chi connectivity index (χ0v) is 25.1. The molecule has 5 nitrogen and oxygen atoms in total. The van der Waals surface area contributed by atoms with Crippen LogP contribution in [0.2, 0.25) is 0 Å². The largest absolute Gasteiger partial charge is 0.456 e. The van der Waals surface area contributed by atoms with Gasteiger partial charge in [-0.15, -0.1) is 0 Å². The number of benzene rings is 6. The van der Waals surface area contributed by atoms with Gasteiger partial charge in [0, 0.05) is 32.5 Å². The number of furan rings is 1. The molecule has 1 aliphatic heterocycles. The summed E-state index contributed by atoms with van der Waals surface area (Å²) in [6, 6.07) is 40.3. The van der Waals surface area contributed by atoms with Crippen LogP contribution in [-0.2, 0) is 5.41 Å². The van der Waals surface area contributed by atoms with Gasteiger partial charge in [-0.1, -0.05) is 74.5 Å². The minimum Gasteiger partial charge on any atom is -0.456 e. The predicted molar refractivity (Wildman–Crippen MR) is 184 cm³/mol.